The second-order valence-corrected chi connectivity index (χ2v) is 5.51. The van der Waals surface area contributed by atoms with E-state index in [-0.39, 0.29) is 21.3 Å². The number of benzene rings is 2. The molecule has 94 valence electrons. The lowest BCUT2D eigenvalue weighted by Gasteiger charge is -2.10. The van der Waals surface area contributed by atoms with Crippen molar-refractivity contribution in [2.24, 2.45) is 0 Å². The molecule has 0 heterocycles. The van der Waals surface area contributed by atoms with Gasteiger partial charge in [0.15, 0.2) is 0 Å². The van der Waals surface area contributed by atoms with Crippen LogP contribution in [0.5, 0.6) is 11.5 Å². The summed E-state index contributed by atoms with van der Waals surface area (Å²) in [5, 5.41) is 9.65. The molecule has 4 nitrogen and oxygen atoms in total. The molecule has 0 aliphatic heterocycles. The minimum atomic E-state index is -3.79. The van der Waals surface area contributed by atoms with Crippen LogP contribution >= 0.6 is 0 Å². The highest BCUT2D eigenvalue weighted by Gasteiger charge is 2.24. The van der Waals surface area contributed by atoms with E-state index in [4.69, 9.17) is 4.74 Å². The molecule has 0 aromatic heterocycles. The van der Waals surface area contributed by atoms with Gasteiger partial charge in [0.05, 0.1) is 7.11 Å². The molecule has 0 saturated heterocycles. The number of phenolic OH excluding ortho intramolecular Hbond substituents is 1. The molecule has 0 radical (unpaired) electrons. The van der Waals surface area contributed by atoms with E-state index in [1.54, 1.807) is 30.3 Å². The standard InChI is InChI=1S/C13H12O4S/c1-17-11-7-3-5-9-13(11)18(15,16)12-8-4-2-6-10(12)14/h2-9,14H,1H3. The zero-order valence-corrected chi connectivity index (χ0v) is 10.5. The Labute approximate surface area is 105 Å². The van der Waals surface area contributed by atoms with E-state index in [2.05, 4.69) is 0 Å². The SMILES string of the molecule is COc1ccccc1S(=O)(=O)c1ccccc1O. The summed E-state index contributed by atoms with van der Waals surface area (Å²) >= 11 is 0. The lowest BCUT2D eigenvalue weighted by atomic mass is 10.3. The Morgan fingerprint density at radius 2 is 1.50 bits per heavy atom. The molecule has 0 aliphatic carbocycles. The predicted molar refractivity (Wildman–Crippen MR) is 66.6 cm³/mol. The number of ether oxygens (including phenoxy) is 1. The Kier molecular flexibility index (Phi) is 3.25. The normalized spacial score (nSPS) is 11.2. The molecule has 0 aliphatic rings. The van der Waals surface area contributed by atoms with E-state index < -0.39 is 9.84 Å². The molecule has 0 atom stereocenters. The van der Waals surface area contributed by atoms with Crippen molar-refractivity contribution in [3.05, 3.63) is 48.5 Å². The van der Waals surface area contributed by atoms with E-state index in [9.17, 15) is 13.5 Å². The van der Waals surface area contributed by atoms with Gasteiger partial charge in [0.2, 0.25) is 9.84 Å². The summed E-state index contributed by atoms with van der Waals surface area (Å²) in [6.45, 7) is 0. The Bertz CT molecular complexity index is 662. The van der Waals surface area contributed by atoms with Gasteiger partial charge in [-0.1, -0.05) is 24.3 Å². The van der Waals surface area contributed by atoms with E-state index >= 15 is 0 Å². The van der Waals surface area contributed by atoms with Crippen LogP contribution in [0.3, 0.4) is 0 Å². The molecular formula is C13H12O4S. The first-order chi connectivity index (χ1) is 8.57. The summed E-state index contributed by atoms with van der Waals surface area (Å²) in [5.74, 6) is -0.0239. The minimum Gasteiger partial charge on any atom is -0.507 e. The van der Waals surface area contributed by atoms with Crippen molar-refractivity contribution in [3.63, 3.8) is 0 Å². The van der Waals surface area contributed by atoms with E-state index in [1.165, 1.54) is 25.3 Å². The van der Waals surface area contributed by atoms with Crippen LogP contribution in [0.4, 0.5) is 0 Å². The molecule has 2 rings (SSSR count). The third-order valence-corrected chi connectivity index (χ3v) is 4.35. The van der Waals surface area contributed by atoms with Crippen molar-refractivity contribution in [1.82, 2.24) is 0 Å². The number of hydrogen-bond donors (Lipinski definition) is 1. The summed E-state index contributed by atoms with van der Waals surface area (Å²) in [5.41, 5.74) is 0. The van der Waals surface area contributed by atoms with E-state index in [1.807, 2.05) is 0 Å². The van der Waals surface area contributed by atoms with Crippen LogP contribution in [-0.4, -0.2) is 20.6 Å². The molecule has 18 heavy (non-hydrogen) atoms. The summed E-state index contributed by atoms with van der Waals surface area (Å²) in [7, 11) is -2.39. The molecule has 1 N–H and O–H groups in total. The summed E-state index contributed by atoms with van der Waals surface area (Å²) in [6, 6.07) is 12.1. The Hall–Kier alpha value is -2.01. The molecule has 2 aromatic carbocycles. The Balaban J connectivity index is 2.66. The average molecular weight is 264 g/mol. The molecule has 5 heteroatoms. The monoisotopic (exact) mass is 264 g/mol. The smallest absolute Gasteiger partial charge is 0.213 e. The largest absolute Gasteiger partial charge is 0.507 e. The van der Waals surface area contributed by atoms with E-state index in [0.717, 1.165) is 0 Å². The lowest BCUT2D eigenvalue weighted by Crippen LogP contribution is -2.04. The van der Waals surface area contributed by atoms with Crippen LogP contribution in [0, 0.1) is 0 Å². The molecule has 0 unspecified atom stereocenters. The van der Waals surface area contributed by atoms with Gasteiger partial charge in [0.1, 0.15) is 21.3 Å². The number of aromatic hydroxyl groups is 1. The molecule has 0 amide bonds. The zero-order chi connectivity index (χ0) is 13.2. The first-order valence-electron chi connectivity index (χ1n) is 5.23. The van der Waals surface area contributed by atoms with Gasteiger partial charge in [0, 0.05) is 0 Å². The van der Waals surface area contributed by atoms with Gasteiger partial charge in [-0.05, 0) is 24.3 Å². The third kappa shape index (κ3) is 2.04. The van der Waals surface area contributed by atoms with Crippen LogP contribution in [-0.2, 0) is 9.84 Å². The Morgan fingerprint density at radius 3 is 2.11 bits per heavy atom. The highest BCUT2D eigenvalue weighted by atomic mass is 32.2. The van der Waals surface area contributed by atoms with Crippen molar-refractivity contribution in [3.8, 4) is 11.5 Å². The van der Waals surface area contributed by atoms with Gasteiger partial charge in [-0.3, -0.25) is 0 Å². The van der Waals surface area contributed by atoms with Crippen LogP contribution in [0.2, 0.25) is 0 Å². The fourth-order valence-corrected chi connectivity index (χ4v) is 3.16. The quantitative estimate of drug-likeness (QED) is 0.923. The number of phenols is 1. The summed E-state index contributed by atoms with van der Waals surface area (Å²) < 4.78 is 29.8. The zero-order valence-electron chi connectivity index (χ0n) is 9.70. The molecular weight excluding hydrogens is 252 g/mol. The van der Waals surface area contributed by atoms with Crippen molar-refractivity contribution in [1.29, 1.82) is 0 Å². The topological polar surface area (TPSA) is 63.6 Å². The maximum Gasteiger partial charge on any atom is 0.213 e. The number of sulfone groups is 1. The van der Waals surface area contributed by atoms with Crippen molar-refractivity contribution in [2.75, 3.05) is 7.11 Å². The minimum absolute atomic E-state index is 0.0361. The van der Waals surface area contributed by atoms with Gasteiger partial charge >= 0.3 is 0 Å². The van der Waals surface area contributed by atoms with E-state index in [0.29, 0.717) is 0 Å². The average Bonchev–Trinajstić information content (AvgIpc) is 2.39. The number of hydrogen-bond acceptors (Lipinski definition) is 4. The maximum atomic E-state index is 12.4. The van der Waals surface area contributed by atoms with Crippen LogP contribution < -0.4 is 4.74 Å². The van der Waals surface area contributed by atoms with Gasteiger partial charge in [0.25, 0.3) is 0 Å². The van der Waals surface area contributed by atoms with Gasteiger partial charge < -0.3 is 9.84 Å². The van der Waals surface area contributed by atoms with Crippen LogP contribution in [0.1, 0.15) is 0 Å². The molecule has 2 aromatic rings. The second-order valence-electron chi connectivity index (χ2n) is 3.62. The van der Waals surface area contributed by atoms with Gasteiger partial charge in [-0.2, -0.15) is 0 Å². The molecule has 0 spiro atoms. The second kappa shape index (κ2) is 4.70. The maximum absolute atomic E-state index is 12.4. The summed E-state index contributed by atoms with van der Waals surface area (Å²) in [4.78, 5) is -0.0940. The molecule has 0 fully saturated rings. The van der Waals surface area contributed by atoms with Gasteiger partial charge in [-0.25, -0.2) is 8.42 Å². The number of para-hydroxylation sites is 2. The highest BCUT2D eigenvalue weighted by molar-refractivity contribution is 7.91. The molecule has 0 saturated carbocycles. The number of methoxy groups -OCH3 is 1. The van der Waals surface area contributed by atoms with Crippen LogP contribution in [0.25, 0.3) is 0 Å². The van der Waals surface area contributed by atoms with Crippen molar-refractivity contribution < 1.29 is 18.3 Å². The summed E-state index contributed by atoms with van der Waals surface area (Å²) in [6.07, 6.45) is 0. The fraction of sp³-hybridized carbons (Fsp3) is 0.0769. The highest BCUT2D eigenvalue weighted by Crippen LogP contribution is 2.32. The molecule has 0 bridgehead atoms. The first-order valence-corrected chi connectivity index (χ1v) is 6.72. The predicted octanol–water partition coefficient (Wildman–Crippen LogP) is 2.23. The van der Waals surface area contributed by atoms with Gasteiger partial charge in [-0.15, -0.1) is 0 Å². The fourth-order valence-electron chi connectivity index (χ4n) is 1.64. The number of rotatable bonds is 3. The lowest BCUT2D eigenvalue weighted by molar-refractivity contribution is 0.402. The third-order valence-electron chi connectivity index (χ3n) is 2.51. The van der Waals surface area contributed by atoms with Crippen molar-refractivity contribution in [2.45, 2.75) is 9.79 Å². The first kappa shape index (κ1) is 12.4. The Morgan fingerprint density at radius 1 is 0.944 bits per heavy atom. The van der Waals surface area contributed by atoms with Crippen molar-refractivity contribution >= 4 is 9.84 Å². The van der Waals surface area contributed by atoms with Crippen LogP contribution in [0.15, 0.2) is 58.3 Å².